The van der Waals surface area contributed by atoms with Crippen LogP contribution < -0.4 is 15.4 Å². The molecule has 0 aliphatic heterocycles. The van der Waals surface area contributed by atoms with E-state index in [0.29, 0.717) is 19.0 Å². The van der Waals surface area contributed by atoms with E-state index in [-0.39, 0.29) is 42.9 Å². The summed E-state index contributed by atoms with van der Waals surface area (Å²) in [6, 6.07) is 4.51. The van der Waals surface area contributed by atoms with Crippen LogP contribution in [0.4, 0.5) is 13.2 Å². The van der Waals surface area contributed by atoms with Gasteiger partial charge in [-0.1, -0.05) is 12.1 Å². The number of halogens is 4. The SMILES string of the molecule is C=CCNC(=NCC(O)COc1cccc(C(F)(F)F)c1)NCC.I. The minimum atomic E-state index is -4.43. The van der Waals surface area contributed by atoms with Crippen molar-refractivity contribution < 1.29 is 23.0 Å². The molecule has 0 saturated heterocycles. The number of rotatable bonds is 8. The van der Waals surface area contributed by atoms with Crippen LogP contribution in [0.15, 0.2) is 41.9 Å². The third kappa shape index (κ3) is 9.54. The molecule has 9 heteroatoms. The molecule has 1 rings (SSSR count). The van der Waals surface area contributed by atoms with E-state index in [4.69, 9.17) is 4.74 Å². The lowest BCUT2D eigenvalue weighted by Gasteiger charge is -2.14. The molecule has 0 aliphatic carbocycles. The lowest BCUT2D eigenvalue weighted by molar-refractivity contribution is -0.137. The minimum absolute atomic E-state index is 0. The Bertz CT molecular complexity index is 554. The summed E-state index contributed by atoms with van der Waals surface area (Å²) >= 11 is 0. The highest BCUT2D eigenvalue weighted by Crippen LogP contribution is 2.31. The number of hydrogen-bond donors (Lipinski definition) is 3. The molecule has 1 atom stereocenters. The summed E-state index contributed by atoms with van der Waals surface area (Å²) in [5.74, 6) is 0.556. The van der Waals surface area contributed by atoms with Crippen molar-refractivity contribution >= 4 is 29.9 Å². The molecule has 0 saturated carbocycles. The van der Waals surface area contributed by atoms with Gasteiger partial charge in [0, 0.05) is 13.1 Å². The molecule has 0 aromatic heterocycles. The van der Waals surface area contributed by atoms with Crippen LogP contribution in [-0.2, 0) is 6.18 Å². The largest absolute Gasteiger partial charge is 0.491 e. The molecule has 0 aliphatic rings. The maximum absolute atomic E-state index is 12.6. The van der Waals surface area contributed by atoms with Gasteiger partial charge in [0.2, 0.25) is 0 Å². The van der Waals surface area contributed by atoms with Crippen molar-refractivity contribution in [1.82, 2.24) is 10.6 Å². The first kappa shape index (κ1) is 23.5. The van der Waals surface area contributed by atoms with Gasteiger partial charge in [-0.05, 0) is 25.1 Å². The van der Waals surface area contributed by atoms with Gasteiger partial charge in [-0.25, -0.2) is 0 Å². The monoisotopic (exact) mass is 473 g/mol. The zero-order chi connectivity index (χ0) is 18.0. The van der Waals surface area contributed by atoms with Gasteiger partial charge in [0.05, 0.1) is 12.1 Å². The molecule has 0 amide bonds. The molecule has 0 spiro atoms. The van der Waals surface area contributed by atoms with Gasteiger partial charge < -0.3 is 20.5 Å². The molecule has 0 fully saturated rings. The first-order valence-corrected chi connectivity index (χ1v) is 7.48. The fourth-order valence-corrected chi connectivity index (χ4v) is 1.71. The molecule has 1 aromatic carbocycles. The molecule has 3 N–H and O–H groups in total. The second-order valence-corrected chi connectivity index (χ2v) is 4.88. The molecular formula is C16H23F3IN3O2. The van der Waals surface area contributed by atoms with Crippen molar-refractivity contribution in [3.8, 4) is 5.75 Å². The van der Waals surface area contributed by atoms with Gasteiger partial charge in [0.15, 0.2) is 5.96 Å². The van der Waals surface area contributed by atoms with Crippen LogP contribution in [0.25, 0.3) is 0 Å². The summed E-state index contributed by atoms with van der Waals surface area (Å²) in [7, 11) is 0. The van der Waals surface area contributed by atoms with Gasteiger partial charge in [0.1, 0.15) is 18.5 Å². The number of aliphatic hydroxyl groups is 1. The molecule has 0 heterocycles. The van der Waals surface area contributed by atoms with E-state index in [2.05, 4.69) is 22.2 Å². The number of ether oxygens (including phenoxy) is 1. The number of aliphatic hydroxyl groups excluding tert-OH is 1. The van der Waals surface area contributed by atoms with Crippen LogP contribution in [0.2, 0.25) is 0 Å². The van der Waals surface area contributed by atoms with Crippen LogP contribution in [-0.4, -0.2) is 43.4 Å². The summed E-state index contributed by atoms with van der Waals surface area (Å²) in [6.45, 7) is 6.54. The predicted octanol–water partition coefficient (Wildman–Crippen LogP) is 2.80. The van der Waals surface area contributed by atoms with Crippen LogP contribution >= 0.6 is 24.0 Å². The third-order valence-electron chi connectivity index (χ3n) is 2.82. The second kappa shape index (κ2) is 12.0. The summed E-state index contributed by atoms with van der Waals surface area (Å²) in [5, 5.41) is 15.8. The number of alkyl halides is 3. The normalized spacial score (nSPS) is 12.8. The Morgan fingerprint density at radius 1 is 1.40 bits per heavy atom. The fourth-order valence-electron chi connectivity index (χ4n) is 1.71. The highest BCUT2D eigenvalue weighted by molar-refractivity contribution is 14.0. The molecular weight excluding hydrogens is 450 g/mol. The summed E-state index contributed by atoms with van der Waals surface area (Å²) in [6.07, 6.45) is -3.71. The zero-order valence-electron chi connectivity index (χ0n) is 13.8. The Morgan fingerprint density at radius 3 is 2.72 bits per heavy atom. The Morgan fingerprint density at radius 2 is 2.12 bits per heavy atom. The van der Waals surface area contributed by atoms with E-state index in [1.807, 2.05) is 6.92 Å². The maximum Gasteiger partial charge on any atom is 0.416 e. The van der Waals surface area contributed by atoms with E-state index in [1.54, 1.807) is 6.08 Å². The summed E-state index contributed by atoms with van der Waals surface area (Å²) < 4.78 is 43.0. The molecule has 1 aromatic rings. The van der Waals surface area contributed by atoms with E-state index in [0.717, 1.165) is 12.1 Å². The number of nitrogens with zero attached hydrogens (tertiary/aromatic N) is 1. The zero-order valence-corrected chi connectivity index (χ0v) is 16.2. The van der Waals surface area contributed by atoms with Gasteiger partial charge in [-0.3, -0.25) is 4.99 Å². The average Bonchev–Trinajstić information content (AvgIpc) is 2.55. The first-order valence-electron chi connectivity index (χ1n) is 7.48. The highest BCUT2D eigenvalue weighted by atomic mass is 127. The summed E-state index contributed by atoms with van der Waals surface area (Å²) in [4.78, 5) is 4.16. The van der Waals surface area contributed by atoms with Crippen LogP contribution in [0, 0.1) is 0 Å². The van der Waals surface area contributed by atoms with Crippen LogP contribution in [0.1, 0.15) is 12.5 Å². The Balaban J connectivity index is 0.00000576. The predicted molar refractivity (Wildman–Crippen MR) is 103 cm³/mol. The summed E-state index contributed by atoms with van der Waals surface area (Å²) in [5.41, 5.74) is -0.796. The lowest BCUT2D eigenvalue weighted by atomic mass is 10.2. The standard InChI is InChI=1S/C16H22F3N3O2.HI/c1-3-8-21-15(20-4-2)22-10-13(23)11-24-14-7-5-6-12(9-14)16(17,18)19;/h3,5-7,9,13,23H,1,4,8,10-11H2,2H3,(H2,20,21,22);1H. The minimum Gasteiger partial charge on any atom is -0.491 e. The highest BCUT2D eigenvalue weighted by Gasteiger charge is 2.30. The van der Waals surface area contributed by atoms with Crippen molar-refractivity contribution in [3.05, 3.63) is 42.5 Å². The van der Waals surface area contributed by atoms with Crippen molar-refractivity contribution in [3.63, 3.8) is 0 Å². The van der Waals surface area contributed by atoms with Crippen molar-refractivity contribution in [2.45, 2.75) is 19.2 Å². The first-order chi connectivity index (χ1) is 11.4. The van der Waals surface area contributed by atoms with Crippen molar-refractivity contribution in [1.29, 1.82) is 0 Å². The van der Waals surface area contributed by atoms with Crippen LogP contribution in [0.5, 0.6) is 5.75 Å². The van der Waals surface area contributed by atoms with Gasteiger partial charge >= 0.3 is 6.18 Å². The lowest BCUT2D eigenvalue weighted by Crippen LogP contribution is -2.38. The molecule has 0 radical (unpaired) electrons. The van der Waals surface area contributed by atoms with Gasteiger partial charge in [-0.15, -0.1) is 30.6 Å². The topological polar surface area (TPSA) is 65.9 Å². The van der Waals surface area contributed by atoms with E-state index in [9.17, 15) is 18.3 Å². The van der Waals surface area contributed by atoms with Crippen molar-refractivity contribution in [2.24, 2.45) is 4.99 Å². The molecule has 25 heavy (non-hydrogen) atoms. The van der Waals surface area contributed by atoms with E-state index < -0.39 is 17.8 Å². The molecule has 142 valence electrons. The second-order valence-electron chi connectivity index (χ2n) is 4.88. The average molecular weight is 473 g/mol. The number of aliphatic imine (C=N–C) groups is 1. The van der Waals surface area contributed by atoms with Crippen molar-refractivity contribution in [2.75, 3.05) is 26.2 Å². The molecule has 5 nitrogen and oxygen atoms in total. The van der Waals surface area contributed by atoms with E-state index in [1.165, 1.54) is 12.1 Å². The third-order valence-corrected chi connectivity index (χ3v) is 2.82. The quantitative estimate of drug-likeness (QED) is 0.235. The fraction of sp³-hybridized carbons (Fsp3) is 0.438. The smallest absolute Gasteiger partial charge is 0.416 e. The Kier molecular flexibility index (Phi) is 11.2. The number of guanidine groups is 1. The molecule has 0 bridgehead atoms. The molecule has 1 unspecified atom stereocenters. The number of hydrogen-bond acceptors (Lipinski definition) is 3. The number of benzene rings is 1. The number of nitrogens with one attached hydrogen (secondary N) is 2. The Labute approximate surface area is 162 Å². The van der Waals surface area contributed by atoms with Gasteiger partial charge in [0.25, 0.3) is 0 Å². The van der Waals surface area contributed by atoms with Gasteiger partial charge in [-0.2, -0.15) is 13.2 Å². The van der Waals surface area contributed by atoms with E-state index >= 15 is 0 Å². The Hall–Kier alpha value is -1.49. The maximum atomic E-state index is 12.6. The van der Waals surface area contributed by atoms with Crippen LogP contribution in [0.3, 0.4) is 0 Å².